The van der Waals surface area contributed by atoms with Crippen LogP contribution in [0.5, 0.6) is 0 Å². The van der Waals surface area contributed by atoms with Crippen LogP contribution >= 0.6 is 0 Å². The third-order valence-electron chi connectivity index (χ3n) is 12.5. The van der Waals surface area contributed by atoms with Crippen molar-refractivity contribution in [2.24, 2.45) is 5.92 Å². The van der Waals surface area contributed by atoms with Crippen molar-refractivity contribution in [3.05, 3.63) is 121 Å². The summed E-state index contributed by atoms with van der Waals surface area (Å²) in [4.78, 5) is 61.7. The average molecular weight is 821 g/mol. The van der Waals surface area contributed by atoms with Crippen LogP contribution in [0.4, 0.5) is 4.79 Å². The molecule has 2 bridgehead atoms. The van der Waals surface area contributed by atoms with E-state index in [1.54, 1.807) is 0 Å². The van der Waals surface area contributed by atoms with Gasteiger partial charge in [-0.2, -0.15) is 0 Å². The van der Waals surface area contributed by atoms with Gasteiger partial charge in [0.25, 0.3) is 0 Å². The molecular formula is C48H52N8O5. The number of alkyl carbamates (subject to hydrolysis) is 1. The van der Waals surface area contributed by atoms with Gasteiger partial charge in [-0.25, -0.2) is 14.8 Å². The second-order valence-corrected chi connectivity index (χ2v) is 16.3. The Morgan fingerprint density at radius 2 is 1.54 bits per heavy atom. The van der Waals surface area contributed by atoms with Crippen molar-refractivity contribution in [3.8, 4) is 33.6 Å². The molecule has 61 heavy (non-hydrogen) atoms. The number of imidazole rings is 2. The number of piperidine rings is 1. The lowest BCUT2D eigenvalue weighted by molar-refractivity contribution is -0.140. The summed E-state index contributed by atoms with van der Waals surface area (Å²) in [6.45, 7) is 5.71. The predicted molar refractivity (Wildman–Crippen MR) is 233 cm³/mol. The van der Waals surface area contributed by atoms with Crippen LogP contribution in [0.1, 0.15) is 61.9 Å². The van der Waals surface area contributed by atoms with Gasteiger partial charge < -0.3 is 34.6 Å². The van der Waals surface area contributed by atoms with Gasteiger partial charge >= 0.3 is 6.09 Å². The molecule has 0 spiro atoms. The van der Waals surface area contributed by atoms with Crippen LogP contribution < -0.4 is 5.32 Å². The molecule has 1 unspecified atom stereocenters. The van der Waals surface area contributed by atoms with E-state index in [0.29, 0.717) is 45.3 Å². The van der Waals surface area contributed by atoms with Gasteiger partial charge in [-0.15, -0.1) is 0 Å². The Bertz CT molecular complexity index is 2490. The number of ether oxygens (including phenoxy) is 2. The van der Waals surface area contributed by atoms with Gasteiger partial charge in [-0.1, -0.05) is 85.8 Å². The zero-order valence-electron chi connectivity index (χ0n) is 34.7. The van der Waals surface area contributed by atoms with Crippen LogP contribution in [0.2, 0.25) is 0 Å². The minimum Gasteiger partial charge on any atom is -0.453 e. The molecular weight excluding hydrogens is 769 g/mol. The number of nitrogens with zero attached hydrogens (tertiary/aromatic N) is 5. The Labute approximate surface area is 355 Å². The zero-order valence-corrected chi connectivity index (χ0v) is 34.7. The van der Waals surface area contributed by atoms with E-state index >= 15 is 0 Å². The molecule has 314 valence electrons. The van der Waals surface area contributed by atoms with Crippen LogP contribution in [-0.2, 0) is 25.6 Å². The fourth-order valence-electron chi connectivity index (χ4n) is 9.54. The van der Waals surface area contributed by atoms with E-state index in [0.717, 1.165) is 87.3 Å². The Balaban J connectivity index is 0.871. The van der Waals surface area contributed by atoms with E-state index < -0.39 is 6.09 Å². The van der Waals surface area contributed by atoms with Crippen LogP contribution in [0.3, 0.4) is 0 Å². The molecule has 2 aromatic heterocycles. The van der Waals surface area contributed by atoms with Crippen LogP contribution in [-0.4, -0.2) is 105 Å². The van der Waals surface area contributed by atoms with Gasteiger partial charge in [0.1, 0.15) is 24.2 Å². The third-order valence-corrected chi connectivity index (χ3v) is 12.5. The lowest BCUT2D eigenvalue weighted by Crippen LogP contribution is -2.47. The molecule has 3 N–H and O–H groups in total. The number of likely N-dealkylation sites (tertiary alicyclic amines) is 1. The number of hydrogen-bond donors (Lipinski definition) is 3. The summed E-state index contributed by atoms with van der Waals surface area (Å²) in [5.41, 5.74) is 7.06. The summed E-state index contributed by atoms with van der Waals surface area (Å²) in [6.07, 6.45) is 6.90. The van der Waals surface area contributed by atoms with E-state index in [1.165, 1.54) is 7.11 Å². The van der Waals surface area contributed by atoms with E-state index in [4.69, 9.17) is 14.7 Å². The lowest BCUT2D eigenvalue weighted by Gasteiger charge is -2.36. The molecule has 3 aliphatic rings. The molecule has 0 radical (unpaired) electrons. The van der Waals surface area contributed by atoms with E-state index in [2.05, 4.69) is 92.5 Å². The monoisotopic (exact) mass is 820 g/mol. The maximum Gasteiger partial charge on any atom is 0.407 e. The highest BCUT2D eigenvalue weighted by Crippen LogP contribution is 2.49. The minimum absolute atomic E-state index is 0.0834. The maximum atomic E-state index is 14.3. The number of aromatic amines is 2. The summed E-state index contributed by atoms with van der Waals surface area (Å²) in [6, 6.07) is 31.1. The first kappa shape index (κ1) is 40.1. The number of carbonyl (C=O) groups is 3. The van der Waals surface area contributed by atoms with Gasteiger partial charge in [0.2, 0.25) is 11.8 Å². The third kappa shape index (κ3) is 8.40. The van der Waals surface area contributed by atoms with Crippen LogP contribution in [0, 0.1) is 5.92 Å². The Morgan fingerprint density at radius 3 is 2.30 bits per heavy atom. The zero-order chi connectivity index (χ0) is 41.9. The van der Waals surface area contributed by atoms with Gasteiger partial charge in [-0.3, -0.25) is 14.5 Å². The molecule has 2 saturated heterocycles. The molecule has 2 aliphatic heterocycles. The van der Waals surface area contributed by atoms with Crippen molar-refractivity contribution in [2.75, 3.05) is 46.5 Å². The van der Waals surface area contributed by atoms with Gasteiger partial charge in [-0.05, 0) is 76.8 Å². The molecule has 13 heteroatoms. The molecule has 3 amide bonds. The normalized spacial score (nSPS) is 19.2. The van der Waals surface area contributed by atoms with E-state index in [9.17, 15) is 14.4 Å². The molecule has 4 atom stereocenters. The molecule has 4 aromatic carbocycles. The number of morpholine rings is 1. The smallest absolute Gasteiger partial charge is 0.407 e. The molecule has 13 nitrogen and oxygen atoms in total. The number of H-pyrrole nitrogens is 2. The topological polar surface area (TPSA) is 149 Å². The van der Waals surface area contributed by atoms with E-state index in [1.807, 2.05) is 52.5 Å². The molecule has 4 heterocycles. The van der Waals surface area contributed by atoms with E-state index in [-0.39, 0.29) is 36.5 Å². The number of hydrogen-bond acceptors (Lipinski definition) is 8. The number of fused-ring (bicyclic) bond motifs is 3. The number of benzene rings is 4. The summed E-state index contributed by atoms with van der Waals surface area (Å²) in [5, 5.41) is 4.78. The van der Waals surface area contributed by atoms with Crippen molar-refractivity contribution in [1.29, 1.82) is 0 Å². The molecule has 1 aliphatic carbocycles. The number of nitrogens with one attached hydrogen (secondary N) is 3. The first-order chi connectivity index (χ1) is 29.9. The molecule has 9 rings (SSSR count). The minimum atomic E-state index is -0.616. The Morgan fingerprint density at radius 1 is 0.852 bits per heavy atom. The summed E-state index contributed by atoms with van der Waals surface area (Å²) in [7, 11) is 1.29. The number of methoxy groups -OCH3 is 1. The second-order valence-electron chi connectivity index (χ2n) is 16.3. The van der Waals surface area contributed by atoms with Gasteiger partial charge in [0.05, 0.1) is 56.7 Å². The fourth-order valence-corrected chi connectivity index (χ4v) is 9.54. The number of carbonyl (C=O) groups excluding carboxylic acids is 3. The van der Waals surface area contributed by atoms with Crippen molar-refractivity contribution < 1.29 is 23.9 Å². The fraction of sp³-hybridized carbons (Fsp3) is 0.354. The second kappa shape index (κ2) is 17.7. The highest BCUT2D eigenvalue weighted by molar-refractivity contribution is 5.91. The lowest BCUT2D eigenvalue weighted by atomic mass is 9.97. The first-order valence-corrected chi connectivity index (χ1v) is 21.4. The van der Waals surface area contributed by atoms with Crippen molar-refractivity contribution in [2.45, 2.75) is 57.3 Å². The molecule has 3 fully saturated rings. The summed E-state index contributed by atoms with van der Waals surface area (Å²) < 4.78 is 10.3. The van der Waals surface area contributed by atoms with Crippen molar-refractivity contribution in [1.82, 2.24) is 40.0 Å². The SMILES string of the molecule is CCCN(Cc1ncc(-c2ccc3cc(-c4ccc(-c5cnc([C@@H]6[C@H]7CC[C@H](C7)N6C(=O)CNC(=O)OC)[nH]5)cc4)ccc3c2)[nH]1)C(=O)C(c1ccccc1)N1CCOCC1. The Kier molecular flexibility index (Phi) is 11.7. The average Bonchev–Trinajstić information content (AvgIpc) is 4.15. The summed E-state index contributed by atoms with van der Waals surface area (Å²) >= 11 is 0. The maximum absolute atomic E-state index is 14.3. The number of aromatic nitrogens is 4. The number of rotatable bonds is 13. The predicted octanol–water partition coefficient (Wildman–Crippen LogP) is 7.51. The van der Waals surface area contributed by atoms with Gasteiger partial charge in [0, 0.05) is 31.2 Å². The van der Waals surface area contributed by atoms with Crippen molar-refractivity contribution in [3.63, 3.8) is 0 Å². The first-order valence-electron chi connectivity index (χ1n) is 21.4. The largest absolute Gasteiger partial charge is 0.453 e. The Hall–Kier alpha value is -6.31. The number of amides is 3. The van der Waals surface area contributed by atoms with Crippen LogP contribution in [0.15, 0.2) is 103 Å². The highest BCUT2D eigenvalue weighted by Gasteiger charge is 2.49. The highest BCUT2D eigenvalue weighted by atomic mass is 16.5. The summed E-state index contributed by atoms with van der Waals surface area (Å²) in [5.74, 6) is 1.84. The molecule has 1 saturated carbocycles. The standard InChI is InChI=1S/C48H52N8O5/c1-3-19-55(47(58)45(33-7-5-4-6-8-33)54-20-22-61-23-21-54)30-42-49-27-41(52-42)37-16-15-35-24-34(13-14-36(35)25-37)31-9-11-32(12-10-31)40-28-50-46(53-40)44-38-17-18-39(26-38)56(44)43(57)29-51-48(59)60-2/h4-16,24-25,27-28,38-39,44-45H,3,17-23,26,29-30H2,1-2H3,(H,49,52)(H,50,53)(H,51,59)/t38-,39+,44-,45?/m0/s1. The molecule has 6 aromatic rings. The van der Waals surface area contributed by atoms with Crippen LogP contribution in [0.25, 0.3) is 44.4 Å². The van der Waals surface area contributed by atoms with Crippen molar-refractivity contribution >= 4 is 28.7 Å². The van der Waals surface area contributed by atoms with Gasteiger partial charge in [0.15, 0.2) is 0 Å². The quantitative estimate of drug-likeness (QED) is 0.109.